The van der Waals surface area contributed by atoms with Crippen LogP contribution in [0.2, 0.25) is 0 Å². The van der Waals surface area contributed by atoms with Crippen LogP contribution < -0.4 is 4.83 Å². The summed E-state index contributed by atoms with van der Waals surface area (Å²) in [5.41, 5.74) is 1.38. The molecule has 20 heavy (non-hydrogen) atoms. The van der Waals surface area contributed by atoms with E-state index in [4.69, 9.17) is 0 Å². The normalized spacial score (nSPS) is 27.2. The highest BCUT2D eigenvalue weighted by Crippen LogP contribution is 2.40. The Hall–Kier alpha value is -1.69. The van der Waals surface area contributed by atoms with Crippen molar-refractivity contribution in [1.82, 2.24) is 4.83 Å². The lowest BCUT2D eigenvalue weighted by Crippen LogP contribution is -2.27. The third-order valence-electron chi connectivity index (χ3n) is 4.06. The van der Waals surface area contributed by atoms with Gasteiger partial charge in [-0.05, 0) is 38.3 Å². The summed E-state index contributed by atoms with van der Waals surface area (Å²) in [4.78, 5) is 14.2. The topological polar surface area (TPSA) is 75.6 Å². The van der Waals surface area contributed by atoms with Crippen molar-refractivity contribution in [3.63, 3.8) is 0 Å². The number of carbonyl (C=O) groups excluding carboxylic acids is 1. The zero-order valence-corrected chi connectivity index (χ0v) is 12.0. The van der Waals surface area contributed by atoms with Crippen LogP contribution in [0.5, 0.6) is 0 Å². The Kier molecular flexibility index (Phi) is 3.12. The summed E-state index contributed by atoms with van der Waals surface area (Å²) in [5.74, 6) is 0.198. The minimum Gasteiger partial charge on any atom is -0.292 e. The first-order chi connectivity index (χ1) is 9.47. The summed E-state index contributed by atoms with van der Waals surface area (Å²) in [6.45, 7) is 1.89. The molecule has 3 rings (SSSR count). The first kappa shape index (κ1) is 13.3. The molecular weight excluding hydrogens is 276 g/mol. The molecule has 0 spiro atoms. The van der Waals surface area contributed by atoms with E-state index in [1.54, 1.807) is 12.1 Å². The van der Waals surface area contributed by atoms with Crippen LogP contribution in [0.4, 0.5) is 0 Å². The number of fused-ring (bicyclic) bond motifs is 2. The van der Waals surface area contributed by atoms with Gasteiger partial charge in [0.25, 0.3) is 10.0 Å². The zero-order chi connectivity index (χ0) is 14.3. The molecule has 106 valence electrons. The molecule has 0 amide bonds. The standard InChI is InChI=1S/C14H16N2O3S/c1-9-2-6-12(7-3-9)20(18,19)16-15-13-10-4-5-11(8-10)14(13)17/h2-3,6-7,10-11,16H,4-5,8H2,1H3/b15-13+/t10-,11-/m0/s1. The summed E-state index contributed by atoms with van der Waals surface area (Å²) >= 11 is 0. The van der Waals surface area contributed by atoms with E-state index >= 15 is 0 Å². The predicted octanol–water partition coefficient (Wildman–Crippen LogP) is 1.63. The number of ketones is 1. The van der Waals surface area contributed by atoms with E-state index < -0.39 is 10.0 Å². The minimum absolute atomic E-state index is 0.00727. The summed E-state index contributed by atoms with van der Waals surface area (Å²) < 4.78 is 24.2. The van der Waals surface area contributed by atoms with Gasteiger partial charge in [-0.15, -0.1) is 0 Å². The molecule has 2 fully saturated rings. The average molecular weight is 292 g/mol. The fraction of sp³-hybridized carbons (Fsp3) is 0.429. The van der Waals surface area contributed by atoms with Gasteiger partial charge in [0.15, 0.2) is 5.78 Å². The van der Waals surface area contributed by atoms with Gasteiger partial charge in [0.1, 0.15) is 5.71 Å². The molecule has 2 saturated carbocycles. The van der Waals surface area contributed by atoms with Crippen molar-refractivity contribution in [2.75, 3.05) is 0 Å². The van der Waals surface area contributed by atoms with Crippen LogP contribution in [0.1, 0.15) is 24.8 Å². The minimum atomic E-state index is -3.69. The van der Waals surface area contributed by atoms with E-state index in [0.717, 1.165) is 24.8 Å². The molecule has 0 saturated heterocycles. The van der Waals surface area contributed by atoms with Crippen molar-refractivity contribution in [2.45, 2.75) is 31.1 Å². The average Bonchev–Trinajstić information content (AvgIpc) is 2.98. The molecule has 0 unspecified atom stereocenters. The molecule has 1 N–H and O–H groups in total. The first-order valence-electron chi connectivity index (χ1n) is 6.67. The van der Waals surface area contributed by atoms with E-state index in [2.05, 4.69) is 9.93 Å². The van der Waals surface area contributed by atoms with Crippen LogP contribution in [-0.4, -0.2) is 19.9 Å². The summed E-state index contributed by atoms with van der Waals surface area (Å²) in [6, 6.07) is 6.51. The second-order valence-electron chi connectivity index (χ2n) is 5.48. The lowest BCUT2D eigenvalue weighted by atomic mass is 9.97. The quantitative estimate of drug-likeness (QED) is 0.860. The number of hydrogen-bond donors (Lipinski definition) is 1. The van der Waals surface area contributed by atoms with Gasteiger partial charge in [0, 0.05) is 11.8 Å². The Morgan fingerprint density at radius 3 is 2.40 bits per heavy atom. The highest BCUT2D eigenvalue weighted by Gasteiger charge is 2.44. The lowest BCUT2D eigenvalue weighted by Gasteiger charge is -2.11. The summed E-state index contributed by atoms with van der Waals surface area (Å²) in [7, 11) is -3.69. The maximum absolute atomic E-state index is 12.1. The molecule has 2 aliphatic carbocycles. The van der Waals surface area contributed by atoms with Crippen molar-refractivity contribution in [1.29, 1.82) is 0 Å². The third-order valence-corrected chi connectivity index (χ3v) is 5.28. The van der Waals surface area contributed by atoms with E-state index in [-0.39, 0.29) is 22.5 Å². The van der Waals surface area contributed by atoms with Crippen LogP contribution in [0.25, 0.3) is 0 Å². The van der Waals surface area contributed by atoms with Crippen LogP contribution in [0.15, 0.2) is 34.3 Å². The smallest absolute Gasteiger partial charge is 0.276 e. The largest absolute Gasteiger partial charge is 0.292 e. The Morgan fingerprint density at radius 1 is 1.15 bits per heavy atom. The Balaban J connectivity index is 1.81. The van der Waals surface area contributed by atoms with Gasteiger partial charge >= 0.3 is 0 Å². The second kappa shape index (κ2) is 4.70. The number of nitrogens with zero attached hydrogens (tertiary/aromatic N) is 1. The summed E-state index contributed by atoms with van der Waals surface area (Å²) in [5, 5.41) is 3.89. The van der Waals surface area contributed by atoms with Crippen molar-refractivity contribution < 1.29 is 13.2 Å². The second-order valence-corrected chi connectivity index (χ2v) is 7.14. The molecule has 0 aromatic heterocycles. The fourth-order valence-electron chi connectivity index (χ4n) is 2.90. The van der Waals surface area contributed by atoms with Gasteiger partial charge in [0.05, 0.1) is 4.90 Å². The lowest BCUT2D eigenvalue weighted by molar-refractivity contribution is -0.115. The van der Waals surface area contributed by atoms with Crippen LogP contribution in [0, 0.1) is 18.8 Å². The van der Waals surface area contributed by atoms with Crippen LogP contribution >= 0.6 is 0 Å². The van der Waals surface area contributed by atoms with E-state index in [1.165, 1.54) is 12.1 Å². The maximum Gasteiger partial charge on any atom is 0.276 e. The van der Waals surface area contributed by atoms with Gasteiger partial charge in [-0.25, -0.2) is 0 Å². The number of benzene rings is 1. The van der Waals surface area contributed by atoms with E-state index in [9.17, 15) is 13.2 Å². The zero-order valence-electron chi connectivity index (χ0n) is 11.2. The highest BCUT2D eigenvalue weighted by molar-refractivity contribution is 7.89. The molecule has 1 aromatic rings. The Bertz CT molecular complexity index is 677. The predicted molar refractivity (Wildman–Crippen MR) is 74.8 cm³/mol. The number of aryl methyl sites for hydroxylation is 1. The molecule has 6 heteroatoms. The third kappa shape index (κ3) is 2.24. The molecule has 0 aliphatic heterocycles. The molecule has 0 radical (unpaired) electrons. The number of nitrogens with one attached hydrogen (secondary N) is 1. The van der Waals surface area contributed by atoms with Crippen LogP contribution in [0.3, 0.4) is 0 Å². The van der Waals surface area contributed by atoms with Gasteiger partial charge in [0.2, 0.25) is 0 Å². The van der Waals surface area contributed by atoms with Gasteiger partial charge in [-0.1, -0.05) is 17.7 Å². The van der Waals surface area contributed by atoms with Crippen molar-refractivity contribution in [3.8, 4) is 0 Å². The Labute approximate surface area is 118 Å². The van der Waals surface area contributed by atoms with Gasteiger partial charge in [-0.2, -0.15) is 18.4 Å². The van der Waals surface area contributed by atoms with Crippen LogP contribution in [-0.2, 0) is 14.8 Å². The van der Waals surface area contributed by atoms with Gasteiger partial charge in [-0.3, -0.25) is 4.79 Å². The maximum atomic E-state index is 12.1. The molecular formula is C14H16N2O3S. The molecule has 5 nitrogen and oxygen atoms in total. The molecule has 2 aliphatic rings. The SMILES string of the molecule is Cc1ccc(S(=O)(=O)N/N=C2/C(=O)[C@H]3CC[C@H]2C3)cc1. The highest BCUT2D eigenvalue weighted by atomic mass is 32.2. The van der Waals surface area contributed by atoms with E-state index in [1.807, 2.05) is 6.92 Å². The first-order valence-corrected chi connectivity index (χ1v) is 8.16. The van der Waals surface area contributed by atoms with Crippen molar-refractivity contribution >= 4 is 21.5 Å². The molecule has 2 bridgehead atoms. The van der Waals surface area contributed by atoms with Crippen molar-refractivity contribution in [2.24, 2.45) is 16.9 Å². The number of sulfonamides is 1. The van der Waals surface area contributed by atoms with Crippen molar-refractivity contribution in [3.05, 3.63) is 29.8 Å². The number of rotatable bonds is 3. The molecule has 2 atom stereocenters. The number of carbonyl (C=O) groups is 1. The molecule has 0 heterocycles. The summed E-state index contributed by atoms with van der Waals surface area (Å²) in [6.07, 6.45) is 2.67. The number of hydrazone groups is 1. The number of Topliss-reactive ketones (excluding diaryl/α,β-unsaturated/α-hetero) is 1. The monoisotopic (exact) mass is 292 g/mol. The Morgan fingerprint density at radius 2 is 1.80 bits per heavy atom. The number of hydrogen-bond acceptors (Lipinski definition) is 4. The van der Waals surface area contributed by atoms with E-state index in [0.29, 0.717) is 5.71 Å². The molecule has 1 aromatic carbocycles. The fourth-order valence-corrected chi connectivity index (χ4v) is 3.72. The van der Waals surface area contributed by atoms with Gasteiger partial charge < -0.3 is 0 Å².